The molecule has 0 atom stereocenters. The molecule has 8 N–H and O–H groups in total. The fourth-order valence-corrected chi connectivity index (χ4v) is 4.65. The van der Waals surface area contributed by atoms with Crippen molar-refractivity contribution in [1.82, 2.24) is 9.80 Å². The van der Waals surface area contributed by atoms with E-state index in [1.807, 2.05) is 0 Å². The van der Waals surface area contributed by atoms with Crippen LogP contribution in [0.25, 0.3) is 0 Å². The number of hydrogen-bond donors (Lipinski definition) is 4. The van der Waals surface area contributed by atoms with Crippen molar-refractivity contribution in [2.75, 3.05) is 52.4 Å². The molecule has 2 aromatic carbocycles. The van der Waals surface area contributed by atoms with Crippen molar-refractivity contribution in [3.8, 4) is 0 Å². The first kappa shape index (κ1) is 31.1. The maximum absolute atomic E-state index is 5.50. The summed E-state index contributed by atoms with van der Waals surface area (Å²) < 4.78 is 0. The quantitative estimate of drug-likeness (QED) is 0.113. The van der Waals surface area contributed by atoms with Gasteiger partial charge in [-0.3, -0.25) is 9.98 Å². The maximum Gasteiger partial charge on any atom is 0.185 e. The maximum atomic E-state index is 5.50. The van der Waals surface area contributed by atoms with Gasteiger partial charge in [-0.2, -0.15) is 0 Å². The second-order valence-electron chi connectivity index (χ2n) is 9.89. The largest absolute Gasteiger partial charge is 0.370 e. The van der Waals surface area contributed by atoms with Gasteiger partial charge in [0.15, 0.2) is 11.9 Å². The lowest BCUT2D eigenvalue weighted by atomic mass is 10.1. The highest BCUT2D eigenvalue weighted by Crippen LogP contribution is 2.08. The summed E-state index contributed by atoms with van der Waals surface area (Å²) in [5, 5.41) is 0. The van der Waals surface area contributed by atoms with Gasteiger partial charge >= 0.3 is 0 Å². The monoisotopic (exact) mass is 522 g/mol. The van der Waals surface area contributed by atoms with E-state index >= 15 is 0 Å². The van der Waals surface area contributed by atoms with Gasteiger partial charge in [-0.15, -0.1) is 0 Å². The van der Waals surface area contributed by atoms with Crippen LogP contribution in [0.1, 0.15) is 49.7 Å². The van der Waals surface area contributed by atoms with Gasteiger partial charge in [-0.05, 0) is 102 Å². The SMILES string of the molecule is NC(N)=NCCCN(CCCCN(CCCN=C(N)N)CCCc1ccccc1)CCCc1ccccc1. The number of hydrogen-bond acceptors (Lipinski definition) is 4. The molecule has 0 bridgehead atoms. The molecule has 0 aliphatic carbocycles. The molecule has 0 heterocycles. The minimum Gasteiger partial charge on any atom is -0.370 e. The van der Waals surface area contributed by atoms with E-state index in [1.54, 1.807) is 0 Å². The van der Waals surface area contributed by atoms with Crippen LogP contribution in [0.3, 0.4) is 0 Å². The van der Waals surface area contributed by atoms with Crippen LogP contribution in [0.15, 0.2) is 70.6 Å². The van der Waals surface area contributed by atoms with Crippen LogP contribution in [-0.4, -0.2) is 74.1 Å². The minimum atomic E-state index is 0.174. The second-order valence-corrected chi connectivity index (χ2v) is 9.89. The Balaban J connectivity index is 1.78. The van der Waals surface area contributed by atoms with Crippen molar-refractivity contribution in [3.63, 3.8) is 0 Å². The molecule has 0 amide bonds. The summed E-state index contributed by atoms with van der Waals surface area (Å²) in [6.07, 6.45) is 8.82. The van der Waals surface area contributed by atoms with E-state index in [4.69, 9.17) is 22.9 Å². The molecule has 38 heavy (non-hydrogen) atoms. The average molecular weight is 523 g/mol. The van der Waals surface area contributed by atoms with Gasteiger partial charge in [-0.1, -0.05) is 60.7 Å². The third kappa shape index (κ3) is 15.9. The molecule has 0 aliphatic heterocycles. The molecule has 0 radical (unpaired) electrons. The molecule has 8 nitrogen and oxygen atoms in total. The lowest BCUT2D eigenvalue weighted by Gasteiger charge is -2.25. The van der Waals surface area contributed by atoms with Gasteiger partial charge in [0, 0.05) is 13.1 Å². The molecule has 2 rings (SSSR count). The number of rotatable bonds is 21. The first-order valence-electron chi connectivity index (χ1n) is 14.2. The highest BCUT2D eigenvalue weighted by Gasteiger charge is 2.08. The lowest BCUT2D eigenvalue weighted by molar-refractivity contribution is 0.236. The molecule has 0 saturated carbocycles. The smallest absolute Gasteiger partial charge is 0.185 e. The van der Waals surface area contributed by atoms with Crippen molar-refractivity contribution in [1.29, 1.82) is 0 Å². The zero-order valence-electron chi connectivity index (χ0n) is 23.2. The van der Waals surface area contributed by atoms with Crippen molar-refractivity contribution < 1.29 is 0 Å². The first-order valence-corrected chi connectivity index (χ1v) is 14.2. The number of aryl methyl sites for hydroxylation is 2. The molecule has 0 aromatic heterocycles. The number of guanidine groups is 2. The van der Waals surface area contributed by atoms with Crippen LogP contribution in [0, 0.1) is 0 Å². The van der Waals surface area contributed by atoms with Crippen molar-refractivity contribution >= 4 is 11.9 Å². The van der Waals surface area contributed by atoms with Gasteiger partial charge in [0.05, 0.1) is 0 Å². The van der Waals surface area contributed by atoms with Crippen molar-refractivity contribution in [2.24, 2.45) is 32.9 Å². The minimum absolute atomic E-state index is 0.174. The van der Waals surface area contributed by atoms with Crippen LogP contribution in [0.4, 0.5) is 0 Å². The van der Waals surface area contributed by atoms with Gasteiger partial charge in [0.1, 0.15) is 0 Å². The number of unbranched alkanes of at least 4 members (excludes halogenated alkanes) is 1. The summed E-state index contributed by atoms with van der Waals surface area (Å²) in [5.74, 6) is 0.348. The molecular formula is C30H50N8. The Kier molecular flexibility index (Phi) is 16.3. The fourth-order valence-electron chi connectivity index (χ4n) is 4.65. The van der Waals surface area contributed by atoms with E-state index in [0.717, 1.165) is 77.8 Å². The van der Waals surface area contributed by atoms with Crippen molar-refractivity contribution in [3.05, 3.63) is 71.8 Å². The Morgan fingerprint density at radius 2 is 0.816 bits per heavy atom. The number of aliphatic imine (C=N–C) groups is 2. The lowest BCUT2D eigenvalue weighted by Crippen LogP contribution is -2.31. The molecule has 0 aliphatic rings. The third-order valence-electron chi connectivity index (χ3n) is 6.62. The fraction of sp³-hybridized carbons (Fsp3) is 0.533. The molecule has 0 spiro atoms. The summed E-state index contributed by atoms with van der Waals surface area (Å²) in [6.45, 7) is 7.79. The van der Waals surface area contributed by atoms with Crippen LogP contribution < -0.4 is 22.9 Å². The predicted octanol–water partition coefficient (Wildman–Crippen LogP) is 2.96. The third-order valence-corrected chi connectivity index (χ3v) is 6.62. The van der Waals surface area contributed by atoms with Crippen molar-refractivity contribution in [2.45, 2.75) is 51.4 Å². The van der Waals surface area contributed by atoms with E-state index in [9.17, 15) is 0 Å². The number of nitrogens with zero attached hydrogens (tertiary/aromatic N) is 4. The van der Waals surface area contributed by atoms with Crippen LogP contribution in [-0.2, 0) is 12.8 Å². The van der Waals surface area contributed by atoms with E-state index in [2.05, 4.69) is 80.4 Å². The Hall–Kier alpha value is -3.10. The Morgan fingerprint density at radius 1 is 0.474 bits per heavy atom. The topological polar surface area (TPSA) is 135 Å². The zero-order chi connectivity index (χ0) is 27.3. The molecule has 2 aromatic rings. The highest BCUT2D eigenvalue weighted by molar-refractivity contribution is 5.75. The van der Waals surface area contributed by atoms with E-state index in [0.29, 0.717) is 13.1 Å². The standard InChI is InChI=1S/C30H50N8/c31-29(32)35-19-11-25-37(23-9-17-27-13-3-1-4-14-27)21-7-8-22-38(26-12-20-36-30(33)34)24-10-18-28-15-5-2-6-16-28/h1-6,13-16H,7-12,17-26H2,(H4,31,32,35)(H4,33,34,36). The Morgan fingerprint density at radius 3 is 1.18 bits per heavy atom. The molecule has 0 fully saturated rings. The van der Waals surface area contributed by atoms with Gasteiger partial charge in [0.2, 0.25) is 0 Å². The normalized spacial score (nSPS) is 11.1. The summed E-state index contributed by atoms with van der Waals surface area (Å²) in [6, 6.07) is 21.5. The first-order chi connectivity index (χ1) is 18.5. The molecule has 8 heteroatoms. The second kappa shape index (κ2) is 19.9. The van der Waals surface area contributed by atoms with E-state index in [-0.39, 0.29) is 11.9 Å². The summed E-state index contributed by atoms with van der Waals surface area (Å²) >= 11 is 0. The van der Waals surface area contributed by atoms with E-state index < -0.39 is 0 Å². The van der Waals surface area contributed by atoms with E-state index in [1.165, 1.54) is 24.0 Å². The Labute approximate surface area is 230 Å². The van der Waals surface area contributed by atoms with Gasteiger partial charge in [0.25, 0.3) is 0 Å². The summed E-state index contributed by atoms with van der Waals surface area (Å²) in [4.78, 5) is 13.5. The predicted molar refractivity (Wildman–Crippen MR) is 162 cm³/mol. The number of nitrogens with two attached hydrogens (primary N) is 4. The summed E-state index contributed by atoms with van der Waals surface area (Å²) in [5.41, 5.74) is 24.8. The van der Waals surface area contributed by atoms with Crippen LogP contribution in [0.2, 0.25) is 0 Å². The van der Waals surface area contributed by atoms with Crippen LogP contribution in [0.5, 0.6) is 0 Å². The molecular weight excluding hydrogens is 472 g/mol. The van der Waals surface area contributed by atoms with Gasteiger partial charge < -0.3 is 32.7 Å². The molecule has 210 valence electrons. The Bertz CT molecular complexity index is 817. The molecule has 0 unspecified atom stereocenters. The van der Waals surface area contributed by atoms with Crippen LogP contribution >= 0.6 is 0 Å². The zero-order valence-corrected chi connectivity index (χ0v) is 23.2. The average Bonchev–Trinajstić information content (AvgIpc) is 2.91. The molecule has 0 saturated heterocycles. The van der Waals surface area contributed by atoms with Gasteiger partial charge in [-0.25, -0.2) is 0 Å². The summed E-state index contributed by atoms with van der Waals surface area (Å²) in [7, 11) is 0. The highest BCUT2D eigenvalue weighted by atomic mass is 15.1. The number of benzene rings is 2.